The second-order valence-corrected chi connectivity index (χ2v) is 8.93. The number of hydrogen-bond acceptors (Lipinski definition) is 5. The Kier molecular flexibility index (Phi) is 5.62. The molecule has 3 atom stereocenters. The Hall–Kier alpha value is -1.99. The number of nitrogens with one attached hydrogen (secondary N) is 1. The van der Waals surface area contributed by atoms with Crippen molar-refractivity contribution in [3.63, 3.8) is 0 Å². The normalized spacial score (nSPS) is 24.8. The van der Waals surface area contributed by atoms with Crippen LogP contribution in [-0.2, 0) is 17.6 Å². The quantitative estimate of drug-likeness (QED) is 0.646. The molecule has 1 aromatic carbocycles. The molecule has 30 heavy (non-hydrogen) atoms. The molecular formula is C23H26ClFN2O3. The van der Waals surface area contributed by atoms with E-state index in [0.717, 1.165) is 16.7 Å². The number of hydrogen-bond donors (Lipinski definition) is 3. The standard InChI is InChI=1S/C23H26ClFN2O3/c1-12-10-17(24)27-19-15(12)11-16-18(21(19)28)20(22(29)23(2,3)30-16)26-9-8-13-4-6-14(25)7-5-13/h4-7,10,20-22,26,28-29H,8-9,11H2,1-3H3. The molecule has 2 heterocycles. The summed E-state index contributed by atoms with van der Waals surface area (Å²) in [5.74, 6) is 0.394. The van der Waals surface area contributed by atoms with Crippen LogP contribution in [-0.4, -0.2) is 39.5 Å². The summed E-state index contributed by atoms with van der Waals surface area (Å²) in [4.78, 5) is 4.36. The van der Waals surface area contributed by atoms with Crippen LogP contribution in [0.2, 0.25) is 5.15 Å². The Labute approximate surface area is 180 Å². The van der Waals surface area contributed by atoms with Gasteiger partial charge >= 0.3 is 0 Å². The number of nitrogens with zero attached hydrogens (tertiary/aromatic N) is 1. The molecule has 3 unspecified atom stereocenters. The fourth-order valence-corrected chi connectivity index (χ4v) is 4.59. The van der Waals surface area contributed by atoms with Gasteiger partial charge in [-0.05, 0) is 68.6 Å². The monoisotopic (exact) mass is 432 g/mol. The molecule has 7 heteroatoms. The molecule has 0 saturated heterocycles. The number of aryl methyl sites for hydroxylation is 1. The average Bonchev–Trinajstić information content (AvgIpc) is 2.67. The minimum absolute atomic E-state index is 0.270. The van der Waals surface area contributed by atoms with Gasteiger partial charge in [-0.25, -0.2) is 9.37 Å². The molecule has 0 bridgehead atoms. The Balaban J connectivity index is 1.62. The number of fused-ring (bicyclic) bond motifs is 1. The van der Waals surface area contributed by atoms with Crippen LogP contribution in [0.1, 0.15) is 42.3 Å². The molecular weight excluding hydrogens is 407 g/mol. The number of pyridine rings is 1. The second-order valence-electron chi connectivity index (χ2n) is 8.54. The van der Waals surface area contributed by atoms with Crippen molar-refractivity contribution in [2.45, 2.75) is 57.5 Å². The molecule has 4 rings (SSSR count). The van der Waals surface area contributed by atoms with E-state index >= 15 is 0 Å². The van der Waals surface area contributed by atoms with Crippen molar-refractivity contribution in [2.24, 2.45) is 0 Å². The fraction of sp³-hybridized carbons (Fsp3) is 0.435. The molecule has 1 aromatic heterocycles. The van der Waals surface area contributed by atoms with E-state index in [1.54, 1.807) is 18.2 Å². The first-order chi connectivity index (χ1) is 14.2. The van der Waals surface area contributed by atoms with Gasteiger partial charge in [0.15, 0.2) is 0 Å². The molecule has 0 amide bonds. The van der Waals surface area contributed by atoms with Gasteiger partial charge in [0.2, 0.25) is 0 Å². The molecule has 0 radical (unpaired) electrons. The summed E-state index contributed by atoms with van der Waals surface area (Å²) in [6, 6.07) is 7.62. The number of aliphatic hydroxyl groups is 2. The molecule has 1 aliphatic carbocycles. The van der Waals surface area contributed by atoms with Crippen LogP contribution in [0.15, 0.2) is 41.7 Å². The SMILES string of the molecule is Cc1cc(Cl)nc2c1CC1=C(C2O)C(NCCc2ccc(F)cc2)C(O)C(C)(C)O1. The number of aromatic nitrogens is 1. The zero-order valence-corrected chi connectivity index (χ0v) is 18.0. The maximum absolute atomic E-state index is 13.1. The lowest BCUT2D eigenvalue weighted by Crippen LogP contribution is -2.58. The molecule has 2 aliphatic rings. The summed E-state index contributed by atoms with van der Waals surface area (Å²) in [5, 5.41) is 25.9. The molecule has 3 N–H and O–H groups in total. The van der Waals surface area contributed by atoms with Gasteiger partial charge in [-0.15, -0.1) is 0 Å². The maximum Gasteiger partial charge on any atom is 0.131 e. The molecule has 0 saturated carbocycles. The number of rotatable bonds is 4. The van der Waals surface area contributed by atoms with Gasteiger partial charge in [0.25, 0.3) is 0 Å². The molecule has 5 nitrogen and oxygen atoms in total. The largest absolute Gasteiger partial charge is 0.489 e. The zero-order valence-electron chi connectivity index (χ0n) is 17.2. The number of benzene rings is 1. The number of aliphatic hydroxyl groups excluding tert-OH is 2. The maximum atomic E-state index is 13.1. The topological polar surface area (TPSA) is 74.6 Å². The van der Waals surface area contributed by atoms with E-state index in [4.69, 9.17) is 16.3 Å². The lowest BCUT2D eigenvalue weighted by molar-refractivity contribution is -0.104. The van der Waals surface area contributed by atoms with Gasteiger partial charge in [0.05, 0.1) is 11.7 Å². The van der Waals surface area contributed by atoms with Crippen molar-refractivity contribution < 1.29 is 19.3 Å². The van der Waals surface area contributed by atoms with E-state index in [2.05, 4.69) is 10.3 Å². The summed E-state index contributed by atoms with van der Waals surface area (Å²) in [6.07, 6.45) is -0.746. The van der Waals surface area contributed by atoms with E-state index in [1.807, 2.05) is 20.8 Å². The van der Waals surface area contributed by atoms with Crippen molar-refractivity contribution in [1.29, 1.82) is 0 Å². The molecule has 160 valence electrons. The van der Waals surface area contributed by atoms with Crippen LogP contribution in [0, 0.1) is 12.7 Å². The third kappa shape index (κ3) is 3.85. The fourth-order valence-electron chi connectivity index (χ4n) is 4.33. The minimum Gasteiger partial charge on any atom is -0.489 e. The lowest BCUT2D eigenvalue weighted by Gasteiger charge is -2.46. The van der Waals surface area contributed by atoms with E-state index in [-0.39, 0.29) is 5.82 Å². The smallest absolute Gasteiger partial charge is 0.131 e. The zero-order chi connectivity index (χ0) is 21.6. The van der Waals surface area contributed by atoms with E-state index < -0.39 is 23.9 Å². The molecule has 2 aromatic rings. The Bertz CT molecular complexity index is 991. The van der Waals surface area contributed by atoms with Gasteiger partial charge in [-0.3, -0.25) is 0 Å². The van der Waals surface area contributed by atoms with Crippen molar-refractivity contribution in [3.8, 4) is 0 Å². The van der Waals surface area contributed by atoms with Crippen LogP contribution < -0.4 is 5.32 Å². The first-order valence-electron chi connectivity index (χ1n) is 10.1. The summed E-state index contributed by atoms with van der Waals surface area (Å²) < 4.78 is 19.3. The summed E-state index contributed by atoms with van der Waals surface area (Å²) in [6.45, 7) is 6.16. The summed E-state index contributed by atoms with van der Waals surface area (Å²) >= 11 is 6.13. The second kappa shape index (κ2) is 7.93. The van der Waals surface area contributed by atoms with Crippen molar-refractivity contribution in [1.82, 2.24) is 10.3 Å². The highest BCUT2D eigenvalue weighted by atomic mass is 35.5. The summed E-state index contributed by atoms with van der Waals surface area (Å²) in [7, 11) is 0. The highest BCUT2D eigenvalue weighted by molar-refractivity contribution is 6.29. The third-order valence-corrected chi connectivity index (χ3v) is 6.20. The highest BCUT2D eigenvalue weighted by Gasteiger charge is 2.48. The third-order valence-electron chi connectivity index (χ3n) is 6.00. The van der Waals surface area contributed by atoms with Crippen LogP contribution >= 0.6 is 11.6 Å². The first kappa shape index (κ1) is 21.2. The van der Waals surface area contributed by atoms with E-state index in [0.29, 0.717) is 41.6 Å². The van der Waals surface area contributed by atoms with Crippen LogP contribution in [0.3, 0.4) is 0 Å². The Morgan fingerprint density at radius 1 is 1.27 bits per heavy atom. The molecule has 1 aliphatic heterocycles. The van der Waals surface area contributed by atoms with Crippen LogP contribution in [0.4, 0.5) is 4.39 Å². The molecule has 0 spiro atoms. The van der Waals surface area contributed by atoms with Gasteiger partial charge in [0.1, 0.15) is 34.5 Å². The van der Waals surface area contributed by atoms with Crippen LogP contribution in [0.25, 0.3) is 0 Å². The Morgan fingerprint density at radius 2 is 1.97 bits per heavy atom. The Morgan fingerprint density at radius 3 is 2.67 bits per heavy atom. The first-order valence-corrected chi connectivity index (χ1v) is 10.5. The number of allylic oxidation sites excluding steroid dienone is 1. The van der Waals surface area contributed by atoms with Gasteiger partial charge in [-0.2, -0.15) is 0 Å². The van der Waals surface area contributed by atoms with Crippen molar-refractivity contribution in [2.75, 3.05) is 6.54 Å². The van der Waals surface area contributed by atoms with Crippen molar-refractivity contribution >= 4 is 11.6 Å². The van der Waals surface area contributed by atoms with Gasteiger partial charge < -0.3 is 20.3 Å². The number of halogens is 2. The number of ether oxygens (including phenoxy) is 1. The lowest BCUT2D eigenvalue weighted by atomic mass is 9.78. The summed E-state index contributed by atoms with van der Waals surface area (Å²) in [5.41, 5.74) is 3.13. The molecule has 0 fully saturated rings. The predicted octanol–water partition coefficient (Wildman–Crippen LogP) is 3.40. The van der Waals surface area contributed by atoms with E-state index in [1.165, 1.54) is 12.1 Å². The van der Waals surface area contributed by atoms with Crippen LogP contribution in [0.5, 0.6) is 0 Å². The van der Waals surface area contributed by atoms with Gasteiger partial charge in [-0.1, -0.05) is 23.7 Å². The van der Waals surface area contributed by atoms with Gasteiger partial charge in [0, 0.05) is 12.0 Å². The van der Waals surface area contributed by atoms with Crippen molar-refractivity contribution in [3.05, 3.63) is 75.0 Å². The average molecular weight is 433 g/mol. The minimum atomic E-state index is -1.02. The highest BCUT2D eigenvalue weighted by Crippen LogP contribution is 2.44. The predicted molar refractivity (Wildman–Crippen MR) is 113 cm³/mol. The van der Waals surface area contributed by atoms with E-state index in [9.17, 15) is 14.6 Å².